The van der Waals surface area contributed by atoms with Crippen LogP contribution in [0.1, 0.15) is 23.7 Å². The molecule has 1 aromatic carbocycles. The van der Waals surface area contributed by atoms with E-state index in [4.69, 9.17) is 0 Å². The predicted molar refractivity (Wildman–Crippen MR) is 101 cm³/mol. The quantitative estimate of drug-likeness (QED) is 0.764. The van der Waals surface area contributed by atoms with Crippen LogP contribution in [0.3, 0.4) is 0 Å². The van der Waals surface area contributed by atoms with Gasteiger partial charge < -0.3 is 9.88 Å². The molecule has 0 spiro atoms. The van der Waals surface area contributed by atoms with E-state index in [2.05, 4.69) is 15.0 Å². The predicted octanol–water partition coefficient (Wildman–Crippen LogP) is 3.48. The fourth-order valence-electron chi connectivity index (χ4n) is 2.67. The van der Waals surface area contributed by atoms with Crippen LogP contribution < -0.4 is 10.5 Å². The number of H-pyrrole nitrogens is 1. The molecule has 0 aliphatic heterocycles. The Bertz CT molecular complexity index is 966. The summed E-state index contributed by atoms with van der Waals surface area (Å²) in [5.74, 6) is 1.06. The van der Waals surface area contributed by atoms with E-state index in [1.165, 1.54) is 6.07 Å². The lowest BCUT2D eigenvalue weighted by Gasteiger charge is -2.18. The Morgan fingerprint density at radius 3 is 2.65 bits per heavy atom. The Hall–Kier alpha value is -3.02. The van der Waals surface area contributed by atoms with E-state index in [0.717, 1.165) is 22.6 Å². The molecule has 1 N–H and O–H groups in total. The molecule has 3 aromatic rings. The van der Waals surface area contributed by atoms with Crippen molar-refractivity contribution in [3.8, 4) is 11.4 Å². The van der Waals surface area contributed by atoms with Gasteiger partial charge in [0.15, 0.2) is 0 Å². The fourth-order valence-corrected chi connectivity index (χ4v) is 2.67. The zero-order chi connectivity index (χ0) is 18.7. The second kappa shape index (κ2) is 7.47. The van der Waals surface area contributed by atoms with E-state index >= 15 is 0 Å². The molecule has 6 heteroatoms. The number of halogens is 1. The molecular formula is C20H21FN4O. The normalized spacial score (nSPS) is 10.8. The summed E-state index contributed by atoms with van der Waals surface area (Å²) >= 11 is 0. The zero-order valence-electron chi connectivity index (χ0n) is 15.1. The van der Waals surface area contributed by atoms with Crippen molar-refractivity contribution >= 4 is 5.82 Å². The third-order valence-electron chi connectivity index (χ3n) is 4.23. The van der Waals surface area contributed by atoms with Gasteiger partial charge in [-0.05, 0) is 42.7 Å². The summed E-state index contributed by atoms with van der Waals surface area (Å²) in [5.41, 5.74) is 2.83. The largest absolute Gasteiger partial charge is 0.355 e. The van der Waals surface area contributed by atoms with E-state index in [9.17, 15) is 9.18 Å². The molecule has 0 amide bonds. The highest BCUT2D eigenvalue weighted by Gasteiger charge is 2.08. The first kappa shape index (κ1) is 17.8. The number of rotatable bonds is 5. The summed E-state index contributed by atoms with van der Waals surface area (Å²) < 4.78 is 13.7. The lowest BCUT2D eigenvalue weighted by molar-refractivity contribution is 0.615. The SMILES string of the molecule is CCc1cc(=O)[nH]c(-c2ccc(N(C)Cc3ccc(C)c(F)c3)nc2)n1. The Morgan fingerprint density at radius 2 is 2.00 bits per heavy atom. The Labute approximate surface area is 151 Å². The van der Waals surface area contributed by atoms with Crippen LogP contribution in [-0.4, -0.2) is 22.0 Å². The number of hydrogen-bond donors (Lipinski definition) is 1. The van der Waals surface area contributed by atoms with Crippen molar-refractivity contribution in [3.63, 3.8) is 0 Å². The number of hydrogen-bond acceptors (Lipinski definition) is 4. The van der Waals surface area contributed by atoms with Gasteiger partial charge in [-0.2, -0.15) is 0 Å². The number of aromatic amines is 1. The molecule has 5 nitrogen and oxygen atoms in total. The van der Waals surface area contributed by atoms with Crippen molar-refractivity contribution in [1.29, 1.82) is 0 Å². The zero-order valence-corrected chi connectivity index (χ0v) is 15.1. The standard InChI is InChI=1S/C20H21FN4O/c1-4-16-10-19(26)24-20(23-16)15-7-8-18(22-11-15)25(3)12-14-6-5-13(2)17(21)9-14/h5-11H,4,12H2,1-3H3,(H,23,24,26). The van der Waals surface area contributed by atoms with Crippen LogP contribution in [0, 0.1) is 12.7 Å². The number of aromatic nitrogens is 3. The van der Waals surface area contributed by atoms with Crippen LogP contribution in [0.2, 0.25) is 0 Å². The van der Waals surface area contributed by atoms with Gasteiger partial charge in [0.1, 0.15) is 17.5 Å². The maximum Gasteiger partial charge on any atom is 0.251 e. The second-order valence-electron chi connectivity index (χ2n) is 6.28. The van der Waals surface area contributed by atoms with Gasteiger partial charge >= 0.3 is 0 Å². The Balaban J connectivity index is 1.79. The van der Waals surface area contributed by atoms with Gasteiger partial charge in [0.05, 0.1) is 0 Å². The number of nitrogens with one attached hydrogen (secondary N) is 1. The molecule has 134 valence electrons. The topological polar surface area (TPSA) is 61.9 Å². The third kappa shape index (κ3) is 3.96. The minimum absolute atomic E-state index is 0.172. The monoisotopic (exact) mass is 352 g/mol. The van der Waals surface area contributed by atoms with Crippen LogP contribution >= 0.6 is 0 Å². The van der Waals surface area contributed by atoms with Crippen LogP contribution in [0.5, 0.6) is 0 Å². The molecule has 0 saturated carbocycles. The third-order valence-corrected chi connectivity index (χ3v) is 4.23. The molecule has 2 aromatic heterocycles. The molecule has 0 atom stereocenters. The van der Waals surface area contributed by atoms with Crippen LogP contribution in [0.25, 0.3) is 11.4 Å². The number of nitrogens with zero attached hydrogens (tertiary/aromatic N) is 3. The van der Waals surface area contributed by atoms with E-state index < -0.39 is 0 Å². The molecule has 0 aliphatic rings. The average molecular weight is 352 g/mol. The van der Waals surface area contributed by atoms with Gasteiger partial charge in [-0.25, -0.2) is 14.4 Å². The van der Waals surface area contributed by atoms with Gasteiger partial charge in [0, 0.05) is 37.1 Å². The molecule has 26 heavy (non-hydrogen) atoms. The van der Waals surface area contributed by atoms with Crippen molar-refractivity contribution in [2.24, 2.45) is 0 Å². The number of anilines is 1. The lowest BCUT2D eigenvalue weighted by Crippen LogP contribution is -2.17. The smallest absolute Gasteiger partial charge is 0.251 e. The van der Waals surface area contributed by atoms with Gasteiger partial charge in [-0.1, -0.05) is 19.1 Å². The summed E-state index contributed by atoms with van der Waals surface area (Å²) in [7, 11) is 1.90. The highest BCUT2D eigenvalue weighted by Crippen LogP contribution is 2.19. The minimum atomic E-state index is -0.204. The van der Waals surface area contributed by atoms with Gasteiger partial charge in [-0.15, -0.1) is 0 Å². The molecule has 0 unspecified atom stereocenters. The second-order valence-corrected chi connectivity index (χ2v) is 6.28. The first-order valence-corrected chi connectivity index (χ1v) is 8.49. The molecule has 2 heterocycles. The minimum Gasteiger partial charge on any atom is -0.355 e. The van der Waals surface area contributed by atoms with Crippen molar-refractivity contribution in [3.05, 3.63) is 75.6 Å². The van der Waals surface area contributed by atoms with E-state index in [1.807, 2.05) is 37.1 Å². The van der Waals surface area contributed by atoms with Crippen LogP contribution in [-0.2, 0) is 13.0 Å². The van der Waals surface area contributed by atoms with Crippen molar-refractivity contribution < 1.29 is 4.39 Å². The first-order chi connectivity index (χ1) is 12.5. The highest BCUT2D eigenvalue weighted by atomic mass is 19.1. The van der Waals surface area contributed by atoms with Gasteiger partial charge in [-0.3, -0.25) is 4.79 Å². The summed E-state index contributed by atoms with van der Waals surface area (Å²) in [6.07, 6.45) is 2.37. The maximum absolute atomic E-state index is 13.7. The molecule has 0 aliphatic carbocycles. The number of pyridine rings is 1. The number of benzene rings is 1. The maximum atomic E-state index is 13.7. The molecule has 0 bridgehead atoms. The summed E-state index contributed by atoms with van der Waals surface area (Å²) in [5, 5.41) is 0. The van der Waals surface area contributed by atoms with Gasteiger partial charge in [0.25, 0.3) is 5.56 Å². The molecule has 0 saturated heterocycles. The van der Waals surface area contributed by atoms with Crippen LogP contribution in [0.15, 0.2) is 47.4 Å². The fraction of sp³-hybridized carbons (Fsp3) is 0.250. The van der Waals surface area contributed by atoms with Crippen LogP contribution in [0.4, 0.5) is 10.2 Å². The van der Waals surface area contributed by atoms with Crippen molar-refractivity contribution in [2.45, 2.75) is 26.8 Å². The average Bonchev–Trinajstić information content (AvgIpc) is 2.64. The molecule has 3 rings (SSSR count). The van der Waals surface area contributed by atoms with E-state index in [-0.39, 0.29) is 11.4 Å². The molecular weight excluding hydrogens is 331 g/mol. The van der Waals surface area contributed by atoms with Crippen molar-refractivity contribution in [1.82, 2.24) is 15.0 Å². The Kier molecular flexibility index (Phi) is 5.11. The Morgan fingerprint density at radius 1 is 1.19 bits per heavy atom. The highest BCUT2D eigenvalue weighted by molar-refractivity contribution is 5.56. The summed E-state index contributed by atoms with van der Waals surface area (Å²) in [4.78, 5) is 25.3. The lowest BCUT2D eigenvalue weighted by atomic mass is 10.1. The van der Waals surface area contributed by atoms with E-state index in [1.54, 1.807) is 25.3 Å². The summed E-state index contributed by atoms with van der Waals surface area (Å²) in [6, 6.07) is 10.5. The first-order valence-electron chi connectivity index (χ1n) is 8.49. The molecule has 0 fully saturated rings. The van der Waals surface area contributed by atoms with E-state index in [0.29, 0.717) is 24.4 Å². The summed E-state index contributed by atoms with van der Waals surface area (Å²) in [6.45, 7) is 4.24. The van der Waals surface area contributed by atoms with Gasteiger partial charge in [0.2, 0.25) is 0 Å². The molecule has 0 radical (unpaired) electrons. The van der Waals surface area contributed by atoms with Crippen molar-refractivity contribution in [2.75, 3.05) is 11.9 Å². The number of aryl methyl sites for hydroxylation is 2.